The molecule has 0 aliphatic carbocycles. The predicted molar refractivity (Wildman–Crippen MR) is 117 cm³/mol. The van der Waals surface area contributed by atoms with Crippen LogP contribution in [-0.2, 0) is 0 Å². The summed E-state index contributed by atoms with van der Waals surface area (Å²) in [6.07, 6.45) is 0. The molecule has 0 radical (unpaired) electrons. The van der Waals surface area contributed by atoms with Crippen LogP contribution in [0.4, 0.5) is 0 Å². The number of thiocarbonyl (C=S) groups is 1. The van der Waals surface area contributed by atoms with Crippen molar-refractivity contribution in [2.75, 3.05) is 6.54 Å². The molecule has 1 aromatic carbocycles. The Morgan fingerprint density at radius 2 is 2.04 bits per heavy atom. The smallest absolute Gasteiger partial charge is 0.258 e. The molecule has 0 amide bonds. The van der Waals surface area contributed by atoms with Crippen molar-refractivity contribution in [1.82, 2.24) is 20.4 Å². The molecular formula is C21H22N4OS2. The highest BCUT2D eigenvalue weighted by Gasteiger charge is 2.33. The number of aromatic nitrogens is 2. The molecule has 0 fully saturated rings. The fourth-order valence-corrected chi connectivity index (χ4v) is 4.51. The molecule has 5 nitrogen and oxygen atoms in total. The summed E-state index contributed by atoms with van der Waals surface area (Å²) < 4.78 is 5.71. The highest BCUT2D eigenvalue weighted by Crippen LogP contribution is 2.38. The summed E-state index contributed by atoms with van der Waals surface area (Å²) >= 11 is 7.22. The summed E-state index contributed by atoms with van der Waals surface area (Å²) in [6.45, 7) is 9.15. The first kappa shape index (κ1) is 18.8. The van der Waals surface area contributed by atoms with E-state index in [4.69, 9.17) is 21.7 Å². The zero-order valence-corrected chi connectivity index (χ0v) is 17.9. The first-order valence-corrected chi connectivity index (χ1v) is 10.5. The fraction of sp³-hybridized carbons (Fsp3) is 0.286. The maximum Gasteiger partial charge on any atom is 0.258 e. The van der Waals surface area contributed by atoms with E-state index in [0.29, 0.717) is 16.8 Å². The van der Waals surface area contributed by atoms with Crippen LogP contribution in [0.1, 0.15) is 42.5 Å². The third-order valence-corrected chi connectivity index (χ3v) is 6.38. The minimum atomic E-state index is -0.133. The van der Waals surface area contributed by atoms with Gasteiger partial charge in [-0.05, 0) is 68.0 Å². The van der Waals surface area contributed by atoms with Gasteiger partial charge in [0, 0.05) is 12.2 Å². The molecule has 0 spiro atoms. The fourth-order valence-electron chi connectivity index (χ4n) is 3.47. The quantitative estimate of drug-likeness (QED) is 0.604. The molecule has 0 saturated carbocycles. The summed E-state index contributed by atoms with van der Waals surface area (Å²) in [5, 5.41) is 10.4. The Labute approximate surface area is 174 Å². The van der Waals surface area contributed by atoms with Crippen LogP contribution in [0.2, 0.25) is 0 Å². The van der Waals surface area contributed by atoms with Crippen LogP contribution in [0.5, 0.6) is 0 Å². The maximum atomic E-state index is 5.71. The van der Waals surface area contributed by atoms with Crippen LogP contribution in [-0.4, -0.2) is 26.7 Å². The van der Waals surface area contributed by atoms with Gasteiger partial charge in [-0.1, -0.05) is 29.4 Å². The van der Waals surface area contributed by atoms with Gasteiger partial charge in [-0.15, -0.1) is 11.3 Å². The van der Waals surface area contributed by atoms with Crippen molar-refractivity contribution >= 4 is 34.2 Å². The molecule has 0 bridgehead atoms. The number of aryl methyl sites for hydroxylation is 2. The molecule has 1 N–H and O–H groups in total. The summed E-state index contributed by atoms with van der Waals surface area (Å²) in [5.41, 5.74) is 5.64. The van der Waals surface area contributed by atoms with Gasteiger partial charge in [0.25, 0.3) is 5.89 Å². The molecule has 2 aromatic heterocycles. The molecule has 7 heteroatoms. The Balaban J connectivity index is 1.84. The van der Waals surface area contributed by atoms with Gasteiger partial charge in [0.2, 0.25) is 5.82 Å². The van der Waals surface area contributed by atoms with Crippen LogP contribution in [0.25, 0.3) is 16.3 Å². The molecule has 1 aliphatic heterocycles. The molecule has 1 unspecified atom stereocenters. The number of hydrogen-bond acceptors (Lipinski definition) is 5. The number of benzene rings is 1. The lowest BCUT2D eigenvalue weighted by Crippen LogP contribution is -2.45. The van der Waals surface area contributed by atoms with Crippen molar-refractivity contribution in [1.29, 1.82) is 0 Å². The van der Waals surface area contributed by atoms with Crippen LogP contribution >= 0.6 is 23.6 Å². The van der Waals surface area contributed by atoms with E-state index in [1.807, 2.05) is 17.5 Å². The average Bonchev–Trinajstić information content (AvgIpc) is 3.35. The van der Waals surface area contributed by atoms with Gasteiger partial charge in [0.15, 0.2) is 5.11 Å². The van der Waals surface area contributed by atoms with E-state index in [9.17, 15) is 0 Å². The number of hydrogen-bond donors (Lipinski definition) is 1. The Bertz CT molecular complexity index is 1050. The lowest BCUT2D eigenvalue weighted by atomic mass is 9.92. The van der Waals surface area contributed by atoms with Crippen molar-refractivity contribution in [3.05, 3.63) is 64.0 Å². The predicted octanol–water partition coefficient (Wildman–Crippen LogP) is 5.10. The van der Waals surface area contributed by atoms with Crippen LogP contribution < -0.4 is 5.32 Å². The molecule has 144 valence electrons. The number of allylic oxidation sites excluding steroid dienone is 1. The maximum absolute atomic E-state index is 5.71. The van der Waals surface area contributed by atoms with E-state index < -0.39 is 0 Å². The minimum absolute atomic E-state index is 0.133. The van der Waals surface area contributed by atoms with Gasteiger partial charge in [-0.25, -0.2) is 0 Å². The normalized spacial score (nSPS) is 17.2. The van der Waals surface area contributed by atoms with Crippen LogP contribution in [0, 0.1) is 13.8 Å². The van der Waals surface area contributed by atoms with Gasteiger partial charge in [-0.3, -0.25) is 0 Å². The molecule has 1 aliphatic rings. The third kappa shape index (κ3) is 3.25. The largest absolute Gasteiger partial charge is 0.351 e. The monoisotopic (exact) mass is 410 g/mol. The molecule has 1 atom stereocenters. The van der Waals surface area contributed by atoms with E-state index >= 15 is 0 Å². The Morgan fingerprint density at radius 3 is 2.71 bits per heavy atom. The van der Waals surface area contributed by atoms with E-state index in [2.05, 4.69) is 61.3 Å². The lowest BCUT2D eigenvalue weighted by Gasteiger charge is -2.36. The summed E-state index contributed by atoms with van der Waals surface area (Å²) in [7, 11) is 0. The van der Waals surface area contributed by atoms with E-state index in [0.717, 1.165) is 28.3 Å². The second-order valence-corrected chi connectivity index (χ2v) is 8.20. The summed E-state index contributed by atoms with van der Waals surface area (Å²) in [5.74, 6) is 1.14. The number of thiophene rings is 1. The third-order valence-electron chi connectivity index (χ3n) is 5.17. The standard InChI is InChI=1S/C21H22N4OS2/c1-5-25-14(4)17(20-23-19(24-26-20)16-7-6-10-28-16)18(22-21(25)27)15-9-8-12(2)13(3)11-15/h6-11,18H,5H2,1-4H3,(H,22,27). The first-order chi connectivity index (χ1) is 13.5. The second kappa shape index (κ2) is 7.48. The summed E-state index contributed by atoms with van der Waals surface area (Å²) in [4.78, 5) is 7.76. The van der Waals surface area contributed by atoms with Crippen molar-refractivity contribution < 1.29 is 4.52 Å². The molecule has 3 aromatic rings. The Hall–Kier alpha value is -2.51. The zero-order chi connectivity index (χ0) is 19.8. The van der Waals surface area contributed by atoms with E-state index in [1.165, 1.54) is 11.1 Å². The van der Waals surface area contributed by atoms with Gasteiger partial charge in [0.1, 0.15) is 0 Å². The highest BCUT2D eigenvalue weighted by atomic mass is 32.1. The first-order valence-electron chi connectivity index (χ1n) is 9.23. The average molecular weight is 411 g/mol. The molecule has 28 heavy (non-hydrogen) atoms. The van der Waals surface area contributed by atoms with E-state index in [1.54, 1.807) is 11.3 Å². The van der Waals surface area contributed by atoms with Crippen molar-refractivity contribution in [3.8, 4) is 10.7 Å². The number of nitrogens with zero attached hydrogens (tertiary/aromatic N) is 3. The zero-order valence-electron chi connectivity index (χ0n) is 16.3. The van der Waals surface area contributed by atoms with E-state index in [-0.39, 0.29) is 6.04 Å². The molecule has 4 rings (SSSR count). The van der Waals surface area contributed by atoms with Gasteiger partial charge < -0.3 is 14.7 Å². The molecular weight excluding hydrogens is 388 g/mol. The van der Waals surface area contributed by atoms with Gasteiger partial charge in [0.05, 0.1) is 16.5 Å². The minimum Gasteiger partial charge on any atom is -0.351 e. The topological polar surface area (TPSA) is 54.2 Å². The number of nitrogens with one attached hydrogen (secondary N) is 1. The Morgan fingerprint density at radius 1 is 1.21 bits per heavy atom. The van der Waals surface area contributed by atoms with Crippen LogP contribution in [0.3, 0.4) is 0 Å². The van der Waals surface area contributed by atoms with Crippen molar-refractivity contribution in [2.45, 2.75) is 33.7 Å². The highest BCUT2D eigenvalue weighted by molar-refractivity contribution is 7.80. The van der Waals surface area contributed by atoms with Crippen LogP contribution in [0.15, 0.2) is 45.9 Å². The lowest BCUT2D eigenvalue weighted by molar-refractivity contribution is 0.398. The Kier molecular flexibility index (Phi) is 5.03. The SMILES string of the molecule is CCN1C(=S)NC(c2ccc(C)c(C)c2)C(c2nc(-c3cccs3)no2)=C1C. The second-order valence-electron chi connectivity index (χ2n) is 6.87. The van der Waals surface area contributed by atoms with Crippen molar-refractivity contribution in [3.63, 3.8) is 0 Å². The number of rotatable bonds is 4. The van der Waals surface area contributed by atoms with Gasteiger partial charge >= 0.3 is 0 Å². The summed E-state index contributed by atoms with van der Waals surface area (Å²) in [6, 6.07) is 10.3. The molecule has 3 heterocycles. The van der Waals surface area contributed by atoms with Gasteiger partial charge in [-0.2, -0.15) is 4.98 Å². The van der Waals surface area contributed by atoms with Crippen molar-refractivity contribution in [2.24, 2.45) is 0 Å². The molecule has 0 saturated heterocycles.